The van der Waals surface area contributed by atoms with Crippen LogP contribution in [-0.2, 0) is 11.3 Å². The highest BCUT2D eigenvalue weighted by atomic mass is 16.5. The van der Waals surface area contributed by atoms with E-state index in [1.54, 1.807) is 0 Å². The highest BCUT2D eigenvalue weighted by molar-refractivity contribution is 5.96. The Labute approximate surface area is 175 Å². The van der Waals surface area contributed by atoms with Gasteiger partial charge >= 0.3 is 0 Å². The van der Waals surface area contributed by atoms with Crippen molar-refractivity contribution >= 4 is 16.7 Å². The Kier molecular flexibility index (Phi) is 5.39. The van der Waals surface area contributed by atoms with E-state index in [9.17, 15) is 0 Å². The van der Waals surface area contributed by atoms with Gasteiger partial charge in [0.15, 0.2) is 5.65 Å². The van der Waals surface area contributed by atoms with E-state index in [2.05, 4.69) is 44.5 Å². The van der Waals surface area contributed by atoms with Crippen molar-refractivity contribution in [2.75, 3.05) is 32.1 Å². The Morgan fingerprint density at radius 2 is 2.00 bits per heavy atom. The second kappa shape index (κ2) is 8.31. The summed E-state index contributed by atoms with van der Waals surface area (Å²) < 4.78 is 13.6. The van der Waals surface area contributed by atoms with Crippen LogP contribution in [0.15, 0.2) is 16.8 Å². The molecule has 2 saturated heterocycles. The standard InChI is InChI=1S/C21H29N7O2/c1-3-28-19-15(13-23-28)18(24-14-7-10-29-11-8-14)16(12-22-19)20-25-26-21(30-20)17-6-4-5-9-27(17)2/h12-14,17H,3-11H2,1-2H3,(H,22,24). The van der Waals surface area contributed by atoms with Crippen LogP contribution in [0.4, 0.5) is 5.69 Å². The van der Waals surface area contributed by atoms with Crippen LogP contribution in [0.2, 0.25) is 0 Å². The number of aromatic nitrogens is 5. The first-order valence-electron chi connectivity index (χ1n) is 11.0. The third-order valence-corrected chi connectivity index (χ3v) is 6.26. The van der Waals surface area contributed by atoms with Gasteiger partial charge in [-0.15, -0.1) is 10.2 Å². The molecule has 0 aliphatic carbocycles. The van der Waals surface area contributed by atoms with Crippen molar-refractivity contribution < 1.29 is 9.15 Å². The first-order valence-corrected chi connectivity index (χ1v) is 11.0. The quantitative estimate of drug-likeness (QED) is 0.684. The number of anilines is 1. The zero-order chi connectivity index (χ0) is 20.5. The summed E-state index contributed by atoms with van der Waals surface area (Å²) in [5, 5.41) is 18.0. The maximum atomic E-state index is 6.20. The molecule has 2 aliphatic rings. The molecule has 1 atom stereocenters. The summed E-state index contributed by atoms with van der Waals surface area (Å²) in [7, 11) is 2.12. The highest BCUT2D eigenvalue weighted by Crippen LogP contribution is 2.36. The molecule has 0 aromatic carbocycles. The molecule has 0 amide bonds. The van der Waals surface area contributed by atoms with E-state index in [0.717, 1.165) is 67.8 Å². The molecule has 3 aromatic rings. The molecule has 3 aromatic heterocycles. The minimum absolute atomic E-state index is 0.187. The van der Waals surface area contributed by atoms with Gasteiger partial charge in [-0.3, -0.25) is 4.90 Å². The van der Waals surface area contributed by atoms with Gasteiger partial charge in [0.05, 0.1) is 28.9 Å². The number of rotatable bonds is 5. The Morgan fingerprint density at radius 1 is 1.13 bits per heavy atom. The average Bonchev–Trinajstić information content (AvgIpc) is 3.42. The number of nitrogens with zero attached hydrogens (tertiary/aromatic N) is 6. The fourth-order valence-corrected chi connectivity index (χ4v) is 4.49. The highest BCUT2D eigenvalue weighted by Gasteiger charge is 2.28. The van der Waals surface area contributed by atoms with Gasteiger partial charge in [-0.25, -0.2) is 9.67 Å². The smallest absolute Gasteiger partial charge is 0.251 e. The van der Waals surface area contributed by atoms with Gasteiger partial charge in [-0.1, -0.05) is 6.42 Å². The van der Waals surface area contributed by atoms with E-state index in [-0.39, 0.29) is 6.04 Å². The molecule has 160 valence electrons. The van der Waals surface area contributed by atoms with E-state index >= 15 is 0 Å². The molecule has 1 unspecified atom stereocenters. The number of hydrogen-bond donors (Lipinski definition) is 1. The van der Waals surface area contributed by atoms with E-state index < -0.39 is 0 Å². The first kappa shape index (κ1) is 19.4. The summed E-state index contributed by atoms with van der Waals surface area (Å²) in [6.45, 7) is 5.44. The van der Waals surface area contributed by atoms with Crippen molar-refractivity contribution in [3.63, 3.8) is 0 Å². The molecule has 2 fully saturated rings. The molecule has 9 heteroatoms. The van der Waals surface area contributed by atoms with Gasteiger partial charge in [-0.05, 0) is 46.2 Å². The van der Waals surface area contributed by atoms with Crippen molar-refractivity contribution in [2.45, 2.75) is 57.7 Å². The lowest BCUT2D eigenvalue weighted by atomic mass is 10.0. The lowest BCUT2D eigenvalue weighted by molar-refractivity contribution is 0.0905. The molecular formula is C21H29N7O2. The number of aryl methyl sites for hydroxylation is 1. The van der Waals surface area contributed by atoms with Crippen LogP contribution in [0.1, 0.15) is 51.0 Å². The molecule has 2 aliphatic heterocycles. The van der Waals surface area contributed by atoms with Crippen molar-refractivity contribution in [1.29, 1.82) is 0 Å². The average molecular weight is 412 g/mol. The summed E-state index contributed by atoms with van der Waals surface area (Å²) in [4.78, 5) is 6.98. The molecular weight excluding hydrogens is 382 g/mol. The summed E-state index contributed by atoms with van der Waals surface area (Å²) in [6, 6.07) is 0.520. The molecule has 0 saturated carbocycles. The predicted molar refractivity (Wildman–Crippen MR) is 113 cm³/mol. The Morgan fingerprint density at radius 3 is 2.80 bits per heavy atom. The second-order valence-corrected chi connectivity index (χ2v) is 8.21. The number of hydrogen-bond acceptors (Lipinski definition) is 8. The van der Waals surface area contributed by atoms with Gasteiger partial charge in [0.25, 0.3) is 5.89 Å². The molecule has 9 nitrogen and oxygen atoms in total. The van der Waals surface area contributed by atoms with Gasteiger partial charge < -0.3 is 14.5 Å². The normalized spacial score (nSPS) is 21.3. The van der Waals surface area contributed by atoms with Crippen LogP contribution >= 0.6 is 0 Å². The Bertz CT molecular complexity index is 1010. The molecule has 5 rings (SSSR count). The van der Waals surface area contributed by atoms with E-state index in [4.69, 9.17) is 9.15 Å². The van der Waals surface area contributed by atoms with E-state index in [0.29, 0.717) is 17.8 Å². The van der Waals surface area contributed by atoms with E-state index in [1.165, 1.54) is 12.8 Å². The molecule has 1 N–H and O–H groups in total. The number of nitrogens with one attached hydrogen (secondary N) is 1. The summed E-state index contributed by atoms with van der Waals surface area (Å²) >= 11 is 0. The zero-order valence-electron chi connectivity index (χ0n) is 17.7. The van der Waals surface area contributed by atoms with Crippen LogP contribution in [0.3, 0.4) is 0 Å². The number of pyridine rings is 1. The topological polar surface area (TPSA) is 94.1 Å². The van der Waals surface area contributed by atoms with Crippen LogP contribution in [-0.4, -0.2) is 62.7 Å². The summed E-state index contributed by atoms with van der Waals surface area (Å²) in [6.07, 6.45) is 9.09. The molecule has 0 spiro atoms. The Balaban J connectivity index is 1.54. The third-order valence-electron chi connectivity index (χ3n) is 6.26. The number of fused-ring (bicyclic) bond motifs is 1. The minimum Gasteiger partial charge on any atom is -0.419 e. The molecule has 0 bridgehead atoms. The van der Waals surface area contributed by atoms with Crippen LogP contribution in [0, 0.1) is 0 Å². The Hall–Kier alpha value is -2.52. The van der Waals surface area contributed by atoms with Gasteiger partial charge in [0.1, 0.15) is 0 Å². The van der Waals surface area contributed by atoms with Crippen LogP contribution in [0.25, 0.3) is 22.5 Å². The first-order chi connectivity index (χ1) is 14.7. The van der Waals surface area contributed by atoms with Crippen molar-refractivity contribution in [3.8, 4) is 11.5 Å². The maximum absolute atomic E-state index is 6.20. The monoisotopic (exact) mass is 411 g/mol. The number of likely N-dealkylation sites (tertiary alicyclic amines) is 1. The zero-order valence-corrected chi connectivity index (χ0v) is 17.7. The summed E-state index contributed by atoms with van der Waals surface area (Å²) in [5.74, 6) is 1.20. The lowest BCUT2D eigenvalue weighted by Crippen LogP contribution is -2.29. The maximum Gasteiger partial charge on any atom is 0.251 e. The molecule has 5 heterocycles. The number of piperidine rings is 1. The van der Waals surface area contributed by atoms with Crippen LogP contribution in [0.5, 0.6) is 0 Å². The SMILES string of the molecule is CCn1ncc2c(NC3CCOCC3)c(-c3nnc(C4CCCCN4C)o3)cnc21. The lowest BCUT2D eigenvalue weighted by Gasteiger charge is -2.29. The van der Waals surface area contributed by atoms with Crippen LogP contribution < -0.4 is 5.32 Å². The van der Waals surface area contributed by atoms with Crippen molar-refractivity contribution in [1.82, 2.24) is 29.9 Å². The van der Waals surface area contributed by atoms with Gasteiger partial charge in [0, 0.05) is 32.0 Å². The minimum atomic E-state index is 0.187. The van der Waals surface area contributed by atoms with Gasteiger partial charge in [-0.2, -0.15) is 5.10 Å². The number of ether oxygens (including phenoxy) is 1. The third kappa shape index (κ3) is 3.56. The molecule has 0 radical (unpaired) electrons. The summed E-state index contributed by atoms with van der Waals surface area (Å²) in [5.41, 5.74) is 2.67. The predicted octanol–water partition coefficient (Wildman–Crippen LogP) is 3.25. The van der Waals surface area contributed by atoms with Crippen molar-refractivity contribution in [3.05, 3.63) is 18.3 Å². The molecule has 30 heavy (non-hydrogen) atoms. The largest absolute Gasteiger partial charge is 0.419 e. The van der Waals surface area contributed by atoms with Gasteiger partial charge in [0.2, 0.25) is 5.89 Å². The fourth-order valence-electron chi connectivity index (χ4n) is 4.49. The van der Waals surface area contributed by atoms with E-state index in [1.807, 2.05) is 17.1 Å². The van der Waals surface area contributed by atoms with Crippen molar-refractivity contribution in [2.24, 2.45) is 0 Å². The fraction of sp³-hybridized carbons (Fsp3) is 0.619. The second-order valence-electron chi connectivity index (χ2n) is 8.21.